The molecule has 134 valence electrons. The van der Waals surface area contributed by atoms with E-state index in [-0.39, 0.29) is 12.2 Å². The Bertz CT molecular complexity index is 690. The number of anilines is 1. The first-order chi connectivity index (χ1) is 11.9. The zero-order chi connectivity index (χ0) is 18.8. The summed E-state index contributed by atoms with van der Waals surface area (Å²) in [6.45, 7) is 5.91. The largest absolute Gasteiger partial charge is 0.494 e. The summed E-state index contributed by atoms with van der Waals surface area (Å²) in [5.74, 6) is -0.248. The zero-order valence-corrected chi connectivity index (χ0v) is 14.9. The van der Waals surface area contributed by atoms with Gasteiger partial charge in [0.2, 0.25) is 0 Å². The van der Waals surface area contributed by atoms with Crippen LogP contribution in [0.5, 0.6) is 5.75 Å². The first-order valence-electron chi connectivity index (χ1n) is 7.45. The van der Waals surface area contributed by atoms with Gasteiger partial charge in [0.05, 0.1) is 23.9 Å². The minimum Gasteiger partial charge on any atom is -0.494 e. The lowest BCUT2D eigenvalue weighted by atomic mass is 10.2. The lowest BCUT2D eigenvalue weighted by molar-refractivity contribution is -0.116. The number of hydrogen-bond donors (Lipinski definition) is 3. The number of halogens is 1. The molecule has 1 aromatic rings. The average molecular weight is 367 g/mol. The molecule has 9 heteroatoms. The highest BCUT2D eigenvalue weighted by atomic mass is 35.5. The number of carbonyl (C=O) groups is 2. The van der Waals surface area contributed by atoms with E-state index in [9.17, 15) is 9.59 Å². The highest BCUT2D eigenvalue weighted by Gasteiger charge is 2.13. The van der Waals surface area contributed by atoms with Crippen molar-refractivity contribution in [3.8, 4) is 11.8 Å². The van der Waals surface area contributed by atoms with Gasteiger partial charge in [0.15, 0.2) is 0 Å². The Morgan fingerprint density at radius 3 is 2.60 bits per heavy atom. The van der Waals surface area contributed by atoms with Gasteiger partial charge >= 0.3 is 6.09 Å². The molecule has 0 saturated heterocycles. The predicted octanol–water partition coefficient (Wildman–Crippen LogP) is 2.64. The standard InChI is InChI=1S/C16H19ClN4O4/c1-4-24-12-6-10(3)14(13(17)7-12)21-19-9-11(8-18)15(22)20-16(23)25-5-2/h6-7,9,19,21H,4-5H2,1-3H3,(H,20,22,23). The molecule has 0 saturated carbocycles. The van der Waals surface area contributed by atoms with Crippen molar-refractivity contribution in [2.24, 2.45) is 0 Å². The molecule has 3 N–H and O–H groups in total. The molecule has 0 aliphatic heterocycles. The van der Waals surface area contributed by atoms with Gasteiger partial charge in [0, 0.05) is 12.3 Å². The first kappa shape index (κ1) is 20.1. The van der Waals surface area contributed by atoms with E-state index < -0.39 is 12.0 Å². The van der Waals surface area contributed by atoms with Gasteiger partial charge in [-0.2, -0.15) is 5.26 Å². The molecule has 0 aliphatic carbocycles. The van der Waals surface area contributed by atoms with Gasteiger partial charge in [0.1, 0.15) is 17.4 Å². The minimum absolute atomic E-state index is 0.111. The number of hydrazine groups is 1. The maximum Gasteiger partial charge on any atom is 0.414 e. The number of hydrogen-bond acceptors (Lipinski definition) is 7. The molecule has 0 spiro atoms. The molecular formula is C16H19ClN4O4. The fourth-order valence-electron chi connectivity index (χ4n) is 1.78. The van der Waals surface area contributed by atoms with E-state index in [2.05, 4.69) is 15.6 Å². The van der Waals surface area contributed by atoms with Crippen LogP contribution in [-0.4, -0.2) is 25.2 Å². The molecule has 8 nitrogen and oxygen atoms in total. The summed E-state index contributed by atoms with van der Waals surface area (Å²) < 4.78 is 9.96. The first-order valence-corrected chi connectivity index (χ1v) is 7.83. The Kier molecular flexibility index (Phi) is 8.09. The number of alkyl carbamates (subject to hydrolysis) is 1. The van der Waals surface area contributed by atoms with Crippen molar-refractivity contribution in [3.63, 3.8) is 0 Å². The number of nitriles is 1. The van der Waals surface area contributed by atoms with Gasteiger partial charge < -0.3 is 14.9 Å². The van der Waals surface area contributed by atoms with Gasteiger partial charge in [-0.25, -0.2) is 4.79 Å². The van der Waals surface area contributed by atoms with Crippen molar-refractivity contribution in [1.82, 2.24) is 10.7 Å². The van der Waals surface area contributed by atoms with Crippen molar-refractivity contribution in [3.05, 3.63) is 34.5 Å². The molecule has 0 aromatic heterocycles. The van der Waals surface area contributed by atoms with Gasteiger partial charge in [-0.3, -0.25) is 15.5 Å². The van der Waals surface area contributed by atoms with E-state index in [4.69, 9.17) is 21.6 Å². The van der Waals surface area contributed by atoms with Crippen LogP contribution in [0.1, 0.15) is 19.4 Å². The summed E-state index contributed by atoms with van der Waals surface area (Å²) in [5.41, 5.74) is 6.42. The third-order valence-electron chi connectivity index (χ3n) is 2.84. The lowest BCUT2D eigenvalue weighted by Crippen LogP contribution is -2.32. The number of benzene rings is 1. The SMILES string of the molecule is CCOC(=O)NC(=O)C(C#N)=CNNc1c(C)cc(OCC)cc1Cl. The van der Waals surface area contributed by atoms with Gasteiger partial charge in [0.25, 0.3) is 5.91 Å². The van der Waals surface area contributed by atoms with Crippen molar-refractivity contribution in [2.75, 3.05) is 18.6 Å². The normalized spacial score (nSPS) is 10.4. The van der Waals surface area contributed by atoms with Crippen LogP contribution in [0, 0.1) is 18.3 Å². The molecule has 2 amide bonds. The second-order valence-corrected chi connectivity index (χ2v) is 5.05. The summed E-state index contributed by atoms with van der Waals surface area (Å²) in [6, 6.07) is 5.11. The third-order valence-corrected chi connectivity index (χ3v) is 3.14. The van der Waals surface area contributed by atoms with E-state index in [1.165, 1.54) is 0 Å². The van der Waals surface area contributed by atoms with Crippen LogP contribution in [0.3, 0.4) is 0 Å². The summed E-state index contributed by atoms with van der Waals surface area (Å²) in [6.07, 6.45) is 0.188. The highest BCUT2D eigenvalue weighted by Crippen LogP contribution is 2.30. The summed E-state index contributed by atoms with van der Waals surface area (Å²) in [5, 5.41) is 11.3. The van der Waals surface area contributed by atoms with Crippen LogP contribution in [0.15, 0.2) is 23.9 Å². The smallest absolute Gasteiger partial charge is 0.414 e. The van der Waals surface area contributed by atoms with Crippen LogP contribution in [0.4, 0.5) is 10.5 Å². The molecule has 0 radical (unpaired) electrons. The van der Waals surface area contributed by atoms with Gasteiger partial charge in [-0.15, -0.1) is 0 Å². The molecule has 1 rings (SSSR count). The predicted molar refractivity (Wildman–Crippen MR) is 93.0 cm³/mol. The van der Waals surface area contributed by atoms with Crippen LogP contribution >= 0.6 is 11.6 Å². The minimum atomic E-state index is -0.924. The van der Waals surface area contributed by atoms with Crippen LogP contribution in [0.2, 0.25) is 5.02 Å². The van der Waals surface area contributed by atoms with E-state index in [0.717, 1.165) is 11.8 Å². The number of amides is 2. The Labute approximate surface area is 150 Å². The number of nitrogens with one attached hydrogen (secondary N) is 3. The molecule has 0 aliphatic rings. The quantitative estimate of drug-likeness (QED) is 0.386. The van der Waals surface area contributed by atoms with E-state index in [1.54, 1.807) is 25.1 Å². The van der Waals surface area contributed by atoms with Gasteiger partial charge in [-0.05, 0) is 32.4 Å². The number of ether oxygens (including phenoxy) is 2. The molecule has 1 aromatic carbocycles. The number of rotatable bonds is 7. The second-order valence-electron chi connectivity index (χ2n) is 4.64. The maximum absolute atomic E-state index is 11.7. The molecule has 0 bridgehead atoms. The molecule has 0 unspecified atom stereocenters. The Morgan fingerprint density at radius 2 is 2.04 bits per heavy atom. The number of carbonyl (C=O) groups excluding carboxylic acids is 2. The molecule has 0 fully saturated rings. The third kappa shape index (κ3) is 6.24. The Balaban J connectivity index is 2.76. The summed E-state index contributed by atoms with van der Waals surface area (Å²) in [7, 11) is 0. The van der Waals surface area contributed by atoms with Crippen LogP contribution in [0.25, 0.3) is 0 Å². The zero-order valence-electron chi connectivity index (χ0n) is 14.1. The summed E-state index contributed by atoms with van der Waals surface area (Å²) >= 11 is 6.18. The molecule has 0 heterocycles. The van der Waals surface area contributed by atoms with Gasteiger partial charge in [-0.1, -0.05) is 11.6 Å². The average Bonchev–Trinajstić information content (AvgIpc) is 2.54. The Morgan fingerprint density at radius 1 is 1.32 bits per heavy atom. The van der Waals surface area contributed by atoms with E-state index in [1.807, 2.05) is 19.2 Å². The van der Waals surface area contributed by atoms with Crippen molar-refractivity contribution in [2.45, 2.75) is 20.8 Å². The lowest BCUT2D eigenvalue weighted by Gasteiger charge is -2.13. The Hall–Kier alpha value is -2.92. The highest BCUT2D eigenvalue weighted by molar-refractivity contribution is 6.33. The fraction of sp³-hybridized carbons (Fsp3) is 0.312. The van der Waals surface area contributed by atoms with Crippen molar-refractivity contribution < 1.29 is 19.1 Å². The van der Waals surface area contributed by atoms with Crippen molar-refractivity contribution in [1.29, 1.82) is 5.26 Å². The molecule has 25 heavy (non-hydrogen) atoms. The van der Waals surface area contributed by atoms with E-state index >= 15 is 0 Å². The fourth-order valence-corrected chi connectivity index (χ4v) is 2.08. The molecular weight excluding hydrogens is 348 g/mol. The number of imide groups is 1. The van der Waals surface area contributed by atoms with Crippen LogP contribution < -0.4 is 20.9 Å². The maximum atomic E-state index is 11.7. The summed E-state index contributed by atoms with van der Waals surface area (Å²) in [4.78, 5) is 22.9. The topological polar surface area (TPSA) is 112 Å². The number of nitrogens with zero attached hydrogens (tertiary/aromatic N) is 1. The monoisotopic (exact) mass is 366 g/mol. The molecule has 0 atom stereocenters. The second kappa shape index (κ2) is 10.1. The van der Waals surface area contributed by atoms with E-state index in [0.29, 0.717) is 23.1 Å². The van der Waals surface area contributed by atoms with Crippen LogP contribution in [-0.2, 0) is 9.53 Å². The van der Waals surface area contributed by atoms with Crippen molar-refractivity contribution >= 4 is 29.3 Å². The number of aryl methyl sites for hydroxylation is 1.